The summed E-state index contributed by atoms with van der Waals surface area (Å²) in [6, 6.07) is 8.03. The van der Waals surface area contributed by atoms with Crippen LogP contribution in [0.1, 0.15) is 79.7 Å². The molecule has 1 fully saturated rings. The minimum Gasteiger partial charge on any atom is -0.444 e. The Morgan fingerprint density at radius 1 is 1.14 bits per heavy atom. The maximum atomic E-state index is 12.9. The van der Waals surface area contributed by atoms with Gasteiger partial charge in [-0.15, -0.1) is 0 Å². The molecule has 1 heterocycles. The van der Waals surface area contributed by atoms with Crippen molar-refractivity contribution in [3.8, 4) is 0 Å². The molecule has 0 aliphatic carbocycles. The van der Waals surface area contributed by atoms with Gasteiger partial charge in [0.1, 0.15) is 5.60 Å². The lowest BCUT2D eigenvalue weighted by Gasteiger charge is -2.46. The molecule has 2 rings (SSSR count). The number of hydrogen-bond donors (Lipinski definition) is 0. The number of rotatable bonds is 9. The molecule has 1 amide bonds. The van der Waals surface area contributed by atoms with Gasteiger partial charge in [0.25, 0.3) is 0 Å². The van der Waals surface area contributed by atoms with Crippen molar-refractivity contribution in [1.82, 2.24) is 4.90 Å². The number of likely N-dealkylation sites (tertiary alicyclic amines) is 1. The van der Waals surface area contributed by atoms with Crippen LogP contribution in [0.3, 0.4) is 0 Å². The van der Waals surface area contributed by atoms with E-state index >= 15 is 0 Å². The second-order valence-electron chi connectivity index (χ2n) is 12.4. The van der Waals surface area contributed by atoms with E-state index in [1.165, 1.54) is 0 Å². The first-order valence-corrected chi connectivity index (χ1v) is 16.4. The van der Waals surface area contributed by atoms with Gasteiger partial charge in [-0.1, -0.05) is 57.8 Å². The summed E-state index contributed by atoms with van der Waals surface area (Å²) in [5.74, 6) is 0.134. The average molecular weight is 526 g/mol. The lowest BCUT2D eigenvalue weighted by molar-refractivity contribution is -0.122. The smallest absolute Gasteiger partial charge is 0.410 e. The number of nitrogens with zero attached hydrogens (tertiary/aromatic N) is 1. The summed E-state index contributed by atoms with van der Waals surface area (Å²) >= 11 is 6.45. The van der Waals surface area contributed by atoms with E-state index in [9.17, 15) is 4.79 Å². The van der Waals surface area contributed by atoms with Gasteiger partial charge in [-0.2, -0.15) is 0 Å². The molecule has 1 aliphatic heterocycles. The van der Waals surface area contributed by atoms with Gasteiger partial charge in [0, 0.05) is 24.0 Å². The molecular formula is C28H48ClNO4Si. The Balaban J connectivity index is 2.31. The number of carbonyl (C=O) groups is 1. The van der Waals surface area contributed by atoms with Crippen molar-refractivity contribution in [1.29, 1.82) is 0 Å². The largest absolute Gasteiger partial charge is 0.444 e. The van der Waals surface area contributed by atoms with E-state index in [0.29, 0.717) is 31.3 Å². The standard InChI is InChI=1S/C28H48ClNO4Si/c1-10-16-28(22-13-11-15-24(29)20-22,32-18-19-33-35(8,9)27(5,6)7)23-14-12-17-30(21-23)25(31)34-26(2,3)4/h11,13,15,20,23H,10,12,14,16-19,21H2,1-9H3/t23?,28-/m0/s1. The Bertz CT molecular complexity index is 833. The monoisotopic (exact) mass is 525 g/mol. The summed E-state index contributed by atoms with van der Waals surface area (Å²) in [6.45, 7) is 21.6. The fourth-order valence-electron chi connectivity index (χ4n) is 4.57. The SMILES string of the molecule is CCC[C@](OCCO[Si](C)(C)C(C)(C)C)(c1cccc(Cl)c1)C1CCCN(C(=O)OC(C)(C)C)C1. The molecule has 200 valence electrons. The number of piperidine rings is 1. The van der Waals surface area contributed by atoms with Crippen LogP contribution in [0.4, 0.5) is 4.79 Å². The molecule has 5 nitrogen and oxygen atoms in total. The molecule has 0 bridgehead atoms. The number of benzene rings is 1. The molecule has 0 aromatic heterocycles. The molecule has 1 aliphatic rings. The summed E-state index contributed by atoms with van der Waals surface area (Å²) < 4.78 is 19.0. The maximum Gasteiger partial charge on any atom is 0.410 e. The Morgan fingerprint density at radius 3 is 2.40 bits per heavy atom. The fourth-order valence-corrected chi connectivity index (χ4v) is 5.78. The normalized spacial score (nSPS) is 19.4. The minimum atomic E-state index is -1.87. The molecule has 7 heteroatoms. The molecule has 35 heavy (non-hydrogen) atoms. The maximum absolute atomic E-state index is 12.9. The zero-order valence-corrected chi connectivity index (χ0v) is 25.3. The third-order valence-corrected chi connectivity index (χ3v) is 12.2. The van der Waals surface area contributed by atoms with Crippen molar-refractivity contribution in [2.24, 2.45) is 5.92 Å². The average Bonchev–Trinajstić information content (AvgIpc) is 2.74. The Kier molecular flexibility index (Phi) is 10.3. The summed E-state index contributed by atoms with van der Waals surface area (Å²) in [6.07, 6.45) is 3.45. The van der Waals surface area contributed by atoms with Crippen molar-refractivity contribution in [3.63, 3.8) is 0 Å². The van der Waals surface area contributed by atoms with Gasteiger partial charge in [-0.25, -0.2) is 4.79 Å². The highest BCUT2D eigenvalue weighted by atomic mass is 35.5. The van der Waals surface area contributed by atoms with Crippen molar-refractivity contribution < 1.29 is 18.7 Å². The molecule has 0 N–H and O–H groups in total. The van der Waals surface area contributed by atoms with Crippen LogP contribution in [0.2, 0.25) is 23.2 Å². The quantitative estimate of drug-likeness (QED) is 0.242. The molecule has 1 aromatic rings. The first-order chi connectivity index (χ1) is 16.1. The van der Waals surface area contributed by atoms with Gasteiger partial charge in [-0.3, -0.25) is 0 Å². The van der Waals surface area contributed by atoms with Crippen LogP contribution < -0.4 is 0 Å². The minimum absolute atomic E-state index is 0.134. The summed E-state index contributed by atoms with van der Waals surface area (Å²) in [7, 11) is -1.87. The van der Waals surface area contributed by atoms with Gasteiger partial charge >= 0.3 is 6.09 Å². The molecule has 1 aromatic carbocycles. The summed E-state index contributed by atoms with van der Waals surface area (Å²) in [4.78, 5) is 14.8. The van der Waals surface area contributed by atoms with Gasteiger partial charge in [0.05, 0.1) is 18.8 Å². The highest BCUT2D eigenvalue weighted by Gasteiger charge is 2.44. The summed E-state index contributed by atoms with van der Waals surface area (Å²) in [5, 5.41) is 0.849. The van der Waals surface area contributed by atoms with Crippen LogP contribution in [0.5, 0.6) is 0 Å². The number of amides is 1. The summed E-state index contributed by atoms with van der Waals surface area (Å²) in [5.41, 5.74) is 0.0156. The van der Waals surface area contributed by atoms with Crippen molar-refractivity contribution in [3.05, 3.63) is 34.9 Å². The van der Waals surface area contributed by atoms with E-state index in [1.807, 2.05) is 43.9 Å². The first-order valence-electron chi connectivity index (χ1n) is 13.1. The molecular weight excluding hydrogens is 478 g/mol. The highest BCUT2D eigenvalue weighted by molar-refractivity contribution is 6.74. The Hall–Kier alpha value is -1.08. The number of halogens is 1. The lowest BCUT2D eigenvalue weighted by atomic mass is 9.74. The van der Waals surface area contributed by atoms with Crippen LogP contribution in [-0.2, 0) is 19.5 Å². The number of ether oxygens (including phenoxy) is 2. The number of hydrogen-bond acceptors (Lipinski definition) is 4. The zero-order valence-electron chi connectivity index (χ0n) is 23.5. The second kappa shape index (κ2) is 12.0. The van der Waals surface area contributed by atoms with Crippen LogP contribution >= 0.6 is 11.6 Å². The van der Waals surface area contributed by atoms with E-state index in [4.69, 9.17) is 25.5 Å². The van der Waals surface area contributed by atoms with E-state index in [1.54, 1.807) is 0 Å². The zero-order chi connectivity index (χ0) is 26.5. The third-order valence-electron chi connectivity index (χ3n) is 7.38. The lowest BCUT2D eigenvalue weighted by Crippen LogP contribution is -2.50. The predicted molar refractivity (Wildman–Crippen MR) is 148 cm³/mol. The van der Waals surface area contributed by atoms with Gasteiger partial charge in [-0.05, 0) is 75.9 Å². The Labute approximate surface area is 220 Å². The third kappa shape index (κ3) is 8.21. The second-order valence-corrected chi connectivity index (χ2v) is 17.6. The van der Waals surface area contributed by atoms with Gasteiger partial charge < -0.3 is 18.8 Å². The number of carbonyl (C=O) groups excluding carboxylic acids is 1. The van der Waals surface area contributed by atoms with E-state index in [-0.39, 0.29) is 17.0 Å². The molecule has 1 saturated heterocycles. The Morgan fingerprint density at radius 2 is 1.83 bits per heavy atom. The van der Waals surface area contributed by atoms with Crippen molar-refractivity contribution >= 4 is 26.0 Å². The van der Waals surface area contributed by atoms with Crippen LogP contribution in [-0.4, -0.2) is 51.2 Å². The van der Waals surface area contributed by atoms with Crippen LogP contribution in [0.15, 0.2) is 24.3 Å². The van der Waals surface area contributed by atoms with Gasteiger partial charge in [0.15, 0.2) is 8.32 Å². The van der Waals surface area contributed by atoms with E-state index in [2.05, 4.69) is 46.9 Å². The molecule has 0 spiro atoms. The fraction of sp³-hybridized carbons (Fsp3) is 0.750. The molecule has 1 unspecified atom stereocenters. The van der Waals surface area contributed by atoms with E-state index < -0.39 is 19.5 Å². The molecule has 0 radical (unpaired) electrons. The van der Waals surface area contributed by atoms with Crippen molar-refractivity contribution in [2.75, 3.05) is 26.3 Å². The first kappa shape index (κ1) is 30.1. The van der Waals surface area contributed by atoms with E-state index in [0.717, 1.165) is 31.2 Å². The van der Waals surface area contributed by atoms with Crippen LogP contribution in [0, 0.1) is 5.92 Å². The molecule has 0 saturated carbocycles. The highest BCUT2D eigenvalue weighted by Crippen LogP contribution is 2.44. The molecule has 2 atom stereocenters. The predicted octanol–water partition coefficient (Wildman–Crippen LogP) is 8.02. The van der Waals surface area contributed by atoms with Crippen molar-refractivity contribution in [2.45, 2.75) is 103 Å². The topological polar surface area (TPSA) is 48.0 Å². The van der Waals surface area contributed by atoms with Gasteiger partial charge in [0.2, 0.25) is 0 Å². The van der Waals surface area contributed by atoms with Crippen LogP contribution in [0.25, 0.3) is 0 Å².